The second-order valence-electron chi connectivity index (χ2n) is 5.69. The number of hydrogen-bond acceptors (Lipinski definition) is 3. The number of nitrogens with zero attached hydrogens (tertiary/aromatic N) is 1. The second-order valence-corrected chi connectivity index (χ2v) is 8.47. The van der Waals surface area contributed by atoms with Crippen molar-refractivity contribution in [2.45, 2.75) is 18.6 Å². The molecule has 0 aromatic heterocycles. The van der Waals surface area contributed by atoms with Gasteiger partial charge in [0, 0.05) is 35.2 Å². The van der Waals surface area contributed by atoms with Crippen LogP contribution in [-0.4, -0.2) is 38.3 Å². The Kier molecular flexibility index (Phi) is 6.69. The SMILES string of the molecule is C=CCNC(=O)C1CCCN(S(=O)(=O)Cc2c(Cl)cccc2Cl)C1. The average molecular weight is 391 g/mol. The van der Waals surface area contributed by atoms with Crippen LogP contribution in [0.1, 0.15) is 18.4 Å². The van der Waals surface area contributed by atoms with Crippen LogP contribution in [0.5, 0.6) is 0 Å². The molecule has 24 heavy (non-hydrogen) atoms. The molecular formula is C16H20Cl2N2O3S. The van der Waals surface area contributed by atoms with Gasteiger partial charge in [-0.05, 0) is 25.0 Å². The van der Waals surface area contributed by atoms with Crippen LogP contribution in [0.4, 0.5) is 0 Å². The maximum absolute atomic E-state index is 12.7. The van der Waals surface area contributed by atoms with Crippen molar-refractivity contribution in [2.24, 2.45) is 5.92 Å². The van der Waals surface area contributed by atoms with Gasteiger partial charge in [-0.3, -0.25) is 4.79 Å². The number of carbonyl (C=O) groups excluding carboxylic acids is 1. The van der Waals surface area contributed by atoms with Gasteiger partial charge in [-0.2, -0.15) is 0 Å². The van der Waals surface area contributed by atoms with Gasteiger partial charge in [0.1, 0.15) is 0 Å². The van der Waals surface area contributed by atoms with Crippen molar-refractivity contribution in [3.8, 4) is 0 Å². The lowest BCUT2D eigenvalue weighted by atomic mass is 9.99. The van der Waals surface area contributed by atoms with E-state index in [4.69, 9.17) is 23.2 Å². The number of rotatable bonds is 6. The van der Waals surface area contributed by atoms with E-state index < -0.39 is 10.0 Å². The predicted octanol–water partition coefficient (Wildman–Crippen LogP) is 2.84. The van der Waals surface area contributed by atoms with Crippen LogP contribution in [0.2, 0.25) is 10.0 Å². The summed E-state index contributed by atoms with van der Waals surface area (Å²) in [5.74, 6) is -0.771. The van der Waals surface area contributed by atoms with Crippen molar-refractivity contribution >= 4 is 39.1 Å². The minimum atomic E-state index is -3.60. The monoisotopic (exact) mass is 390 g/mol. The molecule has 0 aliphatic carbocycles. The third kappa shape index (κ3) is 4.72. The lowest BCUT2D eigenvalue weighted by Crippen LogP contribution is -2.45. The lowest BCUT2D eigenvalue weighted by Gasteiger charge is -2.31. The first-order valence-electron chi connectivity index (χ1n) is 7.64. The summed E-state index contributed by atoms with van der Waals surface area (Å²) in [6, 6.07) is 4.89. The fourth-order valence-electron chi connectivity index (χ4n) is 2.67. The predicted molar refractivity (Wildman–Crippen MR) is 96.6 cm³/mol. The normalized spacial score (nSPS) is 19.0. The Morgan fingerprint density at radius 2 is 2.04 bits per heavy atom. The number of halogens is 2. The molecule has 1 aliphatic rings. The molecule has 2 rings (SSSR count). The molecule has 1 fully saturated rings. The summed E-state index contributed by atoms with van der Waals surface area (Å²) in [4.78, 5) is 12.1. The van der Waals surface area contributed by atoms with Gasteiger partial charge in [0.2, 0.25) is 15.9 Å². The van der Waals surface area contributed by atoms with E-state index in [9.17, 15) is 13.2 Å². The fraction of sp³-hybridized carbons (Fsp3) is 0.438. The molecule has 0 saturated carbocycles. The van der Waals surface area contributed by atoms with Gasteiger partial charge >= 0.3 is 0 Å². The molecule has 0 spiro atoms. The molecule has 1 amide bonds. The molecule has 1 aliphatic heterocycles. The Bertz CT molecular complexity index is 702. The molecular weight excluding hydrogens is 371 g/mol. The van der Waals surface area contributed by atoms with E-state index in [1.165, 1.54) is 4.31 Å². The highest BCUT2D eigenvalue weighted by Gasteiger charge is 2.32. The zero-order valence-electron chi connectivity index (χ0n) is 13.2. The van der Waals surface area contributed by atoms with E-state index in [2.05, 4.69) is 11.9 Å². The molecule has 1 aromatic carbocycles. The van der Waals surface area contributed by atoms with Crippen LogP contribution in [0.25, 0.3) is 0 Å². The summed E-state index contributed by atoms with van der Waals surface area (Å²) in [5.41, 5.74) is 0.388. The van der Waals surface area contributed by atoms with E-state index in [1.807, 2.05) is 0 Å². The Morgan fingerprint density at radius 3 is 2.67 bits per heavy atom. The molecule has 1 heterocycles. The summed E-state index contributed by atoms with van der Waals surface area (Å²) >= 11 is 12.1. The van der Waals surface area contributed by atoms with Crippen LogP contribution in [0.15, 0.2) is 30.9 Å². The smallest absolute Gasteiger partial charge is 0.224 e. The molecule has 1 N–H and O–H groups in total. The Labute approximate surface area is 152 Å². The molecule has 1 saturated heterocycles. The fourth-order valence-corrected chi connectivity index (χ4v) is 5.03. The maximum atomic E-state index is 12.7. The summed E-state index contributed by atoms with van der Waals surface area (Å²) < 4.78 is 26.8. The van der Waals surface area contributed by atoms with E-state index in [0.29, 0.717) is 41.5 Å². The Morgan fingerprint density at radius 1 is 1.38 bits per heavy atom. The Balaban J connectivity index is 2.11. The highest BCUT2D eigenvalue weighted by Crippen LogP contribution is 2.28. The zero-order valence-corrected chi connectivity index (χ0v) is 15.5. The van der Waals surface area contributed by atoms with Crippen LogP contribution < -0.4 is 5.32 Å². The third-order valence-electron chi connectivity index (χ3n) is 3.96. The van der Waals surface area contributed by atoms with Crippen molar-refractivity contribution in [1.29, 1.82) is 0 Å². The molecule has 0 bridgehead atoms. The lowest BCUT2D eigenvalue weighted by molar-refractivity contribution is -0.125. The minimum Gasteiger partial charge on any atom is -0.352 e. The van der Waals surface area contributed by atoms with Crippen molar-refractivity contribution in [1.82, 2.24) is 9.62 Å². The molecule has 1 unspecified atom stereocenters. The summed E-state index contributed by atoms with van der Waals surface area (Å²) in [6.45, 7) is 4.49. The van der Waals surface area contributed by atoms with E-state index >= 15 is 0 Å². The quantitative estimate of drug-likeness (QED) is 0.759. The average Bonchev–Trinajstić information content (AvgIpc) is 2.56. The van der Waals surface area contributed by atoms with Gasteiger partial charge in [0.05, 0.1) is 11.7 Å². The highest BCUT2D eigenvalue weighted by molar-refractivity contribution is 7.88. The minimum absolute atomic E-state index is 0.148. The first kappa shape index (κ1) is 19.2. The van der Waals surface area contributed by atoms with Crippen molar-refractivity contribution in [2.75, 3.05) is 19.6 Å². The van der Waals surface area contributed by atoms with Gasteiger partial charge in [-0.15, -0.1) is 6.58 Å². The standard InChI is InChI=1S/C16H20Cl2N2O3S/c1-2-8-19-16(21)12-5-4-9-20(10-12)24(22,23)11-13-14(17)6-3-7-15(13)18/h2-3,6-7,12H,1,4-5,8-11H2,(H,19,21). The first-order chi connectivity index (χ1) is 11.3. The number of hydrogen-bond donors (Lipinski definition) is 1. The Hall–Kier alpha value is -1.08. The number of sulfonamides is 1. The van der Waals surface area contributed by atoms with Gasteiger partial charge < -0.3 is 5.32 Å². The van der Waals surface area contributed by atoms with Gasteiger partial charge in [0.25, 0.3) is 0 Å². The second kappa shape index (κ2) is 8.34. The number of benzene rings is 1. The summed E-state index contributed by atoms with van der Waals surface area (Å²) in [6.07, 6.45) is 2.90. The molecule has 0 radical (unpaired) electrons. The number of nitrogens with one attached hydrogen (secondary N) is 1. The molecule has 5 nitrogen and oxygen atoms in total. The largest absolute Gasteiger partial charge is 0.352 e. The third-order valence-corrected chi connectivity index (χ3v) is 6.44. The van der Waals surface area contributed by atoms with E-state index in [1.54, 1.807) is 24.3 Å². The van der Waals surface area contributed by atoms with Crippen molar-refractivity contribution in [3.05, 3.63) is 46.5 Å². The van der Waals surface area contributed by atoms with Gasteiger partial charge in [-0.1, -0.05) is 35.3 Å². The van der Waals surface area contributed by atoms with Gasteiger partial charge in [-0.25, -0.2) is 12.7 Å². The van der Waals surface area contributed by atoms with Crippen LogP contribution >= 0.6 is 23.2 Å². The highest BCUT2D eigenvalue weighted by atomic mass is 35.5. The van der Waals surface area contributed by atoms with Gasteiger partial charge in [0.15, 0.2) is 0 Å². The van der Waals surface area contributed by atoms with Crippen LogP contribution in [-0.2, 0) is 20.6 Å². The van der Waals surface area contributed by atoms with E-state index in [-0.39, 0.29) is 24.1 Å². The zero-order chi connectivity index (χ0) is 17.7. The van der Waals surface area contributed by atoms with E-state index in [0.717, 1.165) is 0 Å². The van der Waals surface area contributed by atoms with Crippen molar-refractivity contribution < 1.29 is 13.2 Å². The topological polar surface area (TPSA) is 66.5 Å². The maximum Gasteiger partial charge on any atom is 0.224 e. The molecule has 132 valence electrons. The molecule has 1 atom stereocenters. The van der Waals surface area contributed by atoms with Crippen LogP contribution in [0, 0.1) is 5.92 Å². The first-order valence-corrected chi connectivity index (χ1v) is 10.0. The summed E-state index contributed by atoms with van der Waals surface area (Å²) in [7, 11) is -3.60. The molecule has 8 heteroatoms. The number of carbonyl (C=O) groups is 1. The van der Waals surface area contributed by atoms with Crippen molar-refractivity contribution in [3.63, 3.8) is 0 Å². The molecule has 1 aromatic rings. The van der Waals surface area contributed by atoms with Crippen LogP contribution in [0.3, 0.4) is 0 Å². The summed E-state index contributed by atoms with van der Waals surface area (Å²) in [5, 5.41) is 3.37. The number of piperidine rings is 1. The number of amides is 1.